The Bertz CT molecular complexity index is 768. The van der Waals surface area contributed by atoms with Crippen molar-refractivity contribution >= 4 is 5.96 Å². The molecule has 0 amide bonds. The fourth-order valence-corrected chi connectivity index (χ4v) is 4.09. The van der Waals surface area contributed by atoms with E-state index in [4.69, 9.17) is 0 Å². The first kappa shape index (κ1) is 18.0. The third-order valence-electron chi connectivity index (χ3n) is 5.56. The van der Waals surface area contributed by atoms with Crippen LogP contribution in [0, 0.1) is 0 Å². The first-order chi connectivity index (χ1) is 13.3. The summed E-state index contributed by atoms with van der Waals surface area (Å²) in [6.45, 7) is 4.78. The summed E-state index contributed by atoms with van der Waals surface area (Å²) in [5.41, 5.74) is 1.38. The van der Waals surface area contributed by atoms with Gasteiger partial charge in [0.1, 0.15) is 5.82 Å². The standard InChI is InChI=1S/C20H29N7/c1-21-20(23-14-19-25-24-18-10-6-12-27(18)19)22-13-17-9-5-11-26(17)15-16-7-3-2-4-8-16/h2-4,7-8,17H,5-6,9-15H2,1H3,(H2,21,22,23). The number of nitrogens with zero attached hydrogens (tertiary/aromatic N) is 5. The average Bonchev–Trinajstić information content (AvgIpc) is 3.41. The summed E-state index contributed by atoms with van der Waals surface area (Å²) in [4.78, 5) is 6.94. The van der Waals surface area contributed by atoms with Crippen molar-refractivity contribution in [2.75, 3.05) is 20.1 Å². The Labute approximate surface area is 160 Å². The van der Waals surface area contributed by atoms with Crippen molar-refractivity contribution in [3.8, 4) is 0 Å². The summed E-state index contributed by atoms with van der Waals surface area (Å²) in [7, 11) is 1.82. The van der Waals surface area contributed by atoms with Crippen LogP contribution in [0.5, 0.6) is 0 Å². The molecule has 0 spiro atoms. The highest BCUT2D eigenvalue weighted by atomic mass is 15.3. The van der Waals surface area contributed by atoms with Gasteiger partial charge in [-0.2, -0.15) is 0 Å². The Morgan fingerprint density at radius 3 is 2.89 bits per heavy atom. The molecule has 1 saturated heterocycles. The van der Waals surface area contributed by atoms with Crippen LogP contribution in [0.1, 0.15) is 36.5 Å². The van der Waals surface area contributed by atoms with Crippen LogP contribution in [-0.4, -0.2) is 51.8 Å². The molecule has 2 N–H and O–H groups in total. The molecule has 1 atom stereocenters. The van der Waals surface area contributed by atoms with E-state index in [1.165, 1.54) is 31.4 Å². The first-order valence-corrected chi connectivity index (χ1v) is 9.97. The number of benzene rings is 1. The van der Waals surface area contributed by atoms with Crippen molar-refractivity contribution in [1.29, 1.82) is 0 Å². The molecule has 144 valence electrons. The minimum absolute atomic E-state index is 0.543. The number of nitrogens with one attached hydrogen (secondary N) is 2. The number of aryl methyl sites for hydroxylation is 1. The minimum atomic E-state index is 0.543. The Kier molecular flexibility index (Phi) is 5.67. The van der Waals surface area contributed by atoms with Crippen LogP contribution in [0.3, 0.4) is 0 Å². The van der Waals surface area contributed by atoms with Crippen molar-refractivity contribution < 1.29 is 0 Å². The van der Waals surface area contributed by atoms with Gasteiger partial charge in [0.05, 0.1) is 6.54 Å². The van der Waals surface area contributed by atoms with Crippen LogP contribution in [0.4, 0.5) is 0 Å². The fourth-order valence-electron chi connectivity index (χ4n) is 4.09. The minimum Gasteiger partial charge on any atom is -0.355 e. The molecule has 27 heavy (non-hydrogen) atoms. The molecule has 0 saturated carbocycles. The maximum absolute atomic E-state index is 4.37. The number of rotatable bonds is 6. The monoisotopic (exact) mass is 367 g/mol. The topological polar surface area (TPSA) is 70.4 Å². The largest absolute Gasteiger partial charge is 0.355 e. The number of likely N-dealkylation sites (tertiary alicyclic amines) is 1. The summed E-state index contributed by atoms with van der Waals surface area (Å²) >= 11 is 0. The van der Waals surface area contributed by atoms with E-state index in [-0.39, 0.29) is 0 Å². The van der Waals surface area contributed by atoms with Gasteiger partial charge in [0, 0.05) is 39.1 Å². The van der Waals surface area contributed by atoms with E-state index in [1.54, 1.807) is 0 Å². The van der Waals surface area contributed by atoms with Crippen molar-refractivity contribution in [1.82, 2.24) is 30.3 Å². The summed E-state index contributed by atoms with van der Waals surface area (Å²) < 4.78 is 2.22. The third-order valence-corrected chi connectivity index (χ3v) is 5.56. The SMILES string of the molecule is CN=C(NCc1nnc2n1CCC2)NCC1CCCN1Cc1ccccc1. The molecule has 3 heterocycles. The molecule has 7 heteroatoms. The highest BCUT2D eigenvalue weighted by molar-refractivity contribution is 5.79. The first-order valence-electron chi connectivity index (χ1n) is 9.97. The molecular formula is C20H29N7. The molecule has 1 aromatic heterocycles. The van der Waals surface area contributed by atoms with E-state index in [0.29, 0.717) is 12.6 Å². The molecule has 4 rings (SSSR count). The maximum Gasteiger partial charge on any atom is 0.191 e. The molecule has 2 aliphatic heterocycles. The molecule has 7 nitrogen and oxygen atoms in total. The maximum atomic E-state index is 4.37. The number of hydrogen-bond acceptors (Lipinski definition) is 4. The summed E-state index contributed by atoms with van der Waals surface area (Å²) in [6, 6.07) is 11.3. The lowest BCUT2D eigenvalue weighted by molar-refractivity contribution is 0.245. The van der Waals surface area contributed by atoms with E-state index >= 15 is 0 Å². The third kappa shape index (κ3) is 4.30. The molecule has 0 bridgehead atoms. The molecule has 0 radical (unpaired) electrons. The van der Waals surface area contributed by atoms with Crippen molar-refractivity contribution in [3.05, 3.63) is 47.5 Å². The lowest BCUT2D eigenvalue weighted by atomic mass is 10.2. The van der Waals surface area contributed by atoms with Gasteiger partial charge in [-0.25, -0.2) is 0 Å². The van der Waals surface area contributed by atoms with Crippen molar-refractivity contribution in [3.63, 3.8) is 0 Å². The Balaban J connectivity index is 1.27. The number of hydrogen-bond donors (Lipinski definition) is 2. The van der Waals surface area contributed by atoms with Gasteiger partial charge >= 0.3 is 0 Å². The number of aliphatic imine (C=N–C) groups is 1. The Morgan fingerprint density at radius 1 is 1.15 bits per heavy atom. The zero-order valence-electron chi connectivity index (χ0n) is 16.1. The summed E-state index contributed by atoms with van der Waals surface area (Å²) in [6.07, 6.45) is 4.70. The number of fused-ring (bicyclic) bond motifs is 1. The molecule has 1 unspecified atom stereocenters. The predicted octanol–water partition coefficient (Wildman–Crippen LogP) is 1.55. The van der Waals surface area contributed by atoms with Crippen molar-refractivity contribution in [2.24, 2.45) is 4.99 Å². The second-order valence-electron chi connectivity index (χ2n) is 7.35. The van der Waals surface area contributed by atoms with Gasteiger partial charge in [0.25, 0.3) is 0 Å². The van der Waals surface area contributed by atoms with E-state index < -0.39 is 0 Å². The van der Waals surface area contributed by atoms with E-state index in [2.05, 4.69) is 65.6 Å². The van der Waals surface area contributed by atoms with E-state index in [0.717, 1.165) is 43.7 Å². The lowest BCUT2D eigenvalue weighted by Gasteiger charge is -2.25. The molecular weight excluding hydrogens is 338 g/mol. The van der Waals surface area contributed by atoms with E-state index in [9.17, 15) is 0 Å². The van der Waals surface area contributed by atoms with Crippen LogP contribution in [-0.2, 0) is 26.1 Å². The molecule has 1 aromatic carbocycles. The van der Waals surface area contributed by atoms with E-state index in [1.807, 2.05) is 7.05 Å². The van der Waals surface area contributed by atoms with Crippen LogP contribution in [0.2, 0.25) is 0 Å². The number of aromatic nitrogens is 3. The van der Waals surface area contributed by atoms with Gasteiger partial charge in [0.2, 0.25) is 0 Å². The molecule has 1 fully saturated rings. The highest BCUT2D eigenvalue weighted by Crippen LogP contribution is 2.19. The van der Waals surface area contributed by atoms with Crippen LogP contribution in [0.15, 0.2) is 35.3 Å². The highest BCUT2D eigenvalue weighted by Gasteiger charge is 2.24. The average molecular weight is 368 g/mol. The Morgan fingerprint density at radius 2 is 2.04 bits per heavy atom. The Hall–Kier alpha value is -2.41. The van der Waals surface area contributed by atoms with Gasteiger partial charge in [-0.15, -0.1) is 10.2 Å². The van der Waals surface area contributed by atoms with Gasteiger partial charge in [-0.05, 0) is 31.4 Å². The van der Waals surface area contributed by atoms with Crippen molar-refractivity contribution in [2.45, 2.75) is 51.4 Å². The quantitative estimate of drug-likeness (QED) is 0.599. The van der Waals surface area contributed by atoms with Crippen LogP contribution in [0.25, 0.3) is 0 Å². The van der Waals surface area contributed by atoms with Gasteiger partial charge in [-0.3, -0.25) is 9.89 Å². The smallest absolute Gasteiger partial charge is 0.191 e. The fraction of sp³-hybridized carbons (Fsp3) is 0.550. The lowest BCUT2D eigenvalue weighted by Crippen LogP contribution is -2.44. The van der Waals surface area contributed by atoms with Crippen LogP contribution < -0.4 is 10.6 Å². The predicted molar refractivity (Wildman–Crippen MR) is 106 cm³/mol. The van der Waals surface area contributed by atoms with Crippen LogP contribution >= 0.6 is 0 Å². The molecule has 2 aromatic rings. The van der Waals surface area contributed by atoms with Gasteiger partial charge < -0.3 is 15.2 Å². The summed E-state index contributed by atoms with van der Waals surface area (Å²) in [5.74, 6) is 2.94. The zero-order valence-corrected chi connectivity index (χ0v) is 16.1. The second kappa shape index (κ2) is 8.52. The summed E-state index contributed by atoms with van der Waals surface area (Å²) in [5, 5.41) is 15.4. The van der Waals surface area contributed by atoms with Gasteiger partial charge in [-0.1, -0.05) is 30.3 Å². The number of guanidine groups is 1. The van der Waals surface area contributed by atoms with Gasteiger partial charge in [0.15, 0.2) is 11.8 Å². The second-order valence-corrected chi connectivity index (χ2v) is 7.35. The normalized spacial score (nSPS) is 20.0. The molecule has 0 aliphatic carbocycles. The zero-order chi connectivity index (χ0) is 18.5. The molecule has 2 aliphatic rings.